The summed E-state index contributed by atoms with van der Waals surface area (Å²) >= 11 is 0. The topological polar surface area (TPSA) is 75.4 Å². The van der Waals surface area contributed by atoms with Crippen LogP contribution in [0.15, 0.2) is 41.1 Å². The molecule has 0 radical (unpaired) electrons. The summed E-state index contributed by atoms with van der Waals surface area (Å²) in [6.07, 6.45) is 2.92. The summed E-state index contributed by atoms with van der Waals surface area (Å²) in [4.78, 5) is 27.7. The first-order valence-electron chi connectivity index (χ1n) is 9.65. The number of carbonyl (C=O) groups is 2. The highest BCUT2D eigenvalue weighted by Gasteiger charge is 2.40. The van der Waals surface area contributed by atoms with Crippen molar-refractivity contribution in [3.8, 4) is 0 Å². The van der Waals surface area contributed by atoms with Gasteiger partial charge in [0.1, 0.15) is 23.5 Å². The lowest BCUT2D eigenvalue weighted by Gasteiger charge is -2.29. The van der Waals surface area contributed by atoms with E-state index in [2.05, 4.69) is 10.5 Å². The third-order valence-corrected chi connectivity index (χ3v) is 5.26. The van der Waals surface area contributed by atoms with E-state index in [1.54, 1.807) is 23.1 Å². The number of hydrogen-bond donors (Lipinski definition) is 1. The van der Waals surface area contributed by atoms with Crippen molar-refractivity contribution in [1.29, 1.82) is 0 Å². The fourth-order valence-corrected chi connectivity index (χ4v) is 3.75. The number of aromatic nitrogens is 1. The molecular formula is C21H26FN3O3. The van der Waals surface area contributed by atoms with Crippen LogP contribution in [0.1, 0.15) is 56.9 Å². The van der Waals surface area contributed by atoms with Crippen LogP contribution in [0.2, 0.25) is 0 Å². The molecule has 0 spiro atoms. The molecule has 1 aliphatic heterocycles. The quantitative estimate of drug-likeness (QED) is 0.824. The van der Waals surface area contributed by atoms with E-state index in [4.69, 9.17) is 4.52 Å². The Balaban J connectivity index is 1.71. The number of halogens is 1. The minimum atomic E-state index is -0.514. The Labute approximate surface area is 164 Å². The van der Waals surface area contributed by atoms with Gasteiger partial charge in [0.15, 0.2) is 0 Å². The van der Waals surface area contributed by atoms with Gasteiger partial charge in [0, 0.05) is 12.6 Å². The molecule has 1 saturated heterocycles. The fraction of sp³-hybridized carbons (Fsp3) is 0.476. The molecule has 0 bridgehead atoms. The van der Waals surface area contributed by atoms with Crippen LogP contribution in [-0.4, -0.2) is 34.5 Å². The number of amides is 2. The summed E-state index contributed by atoms with van der Waals surface area (Å²) in [7, 11) is 0. The zero-order valence-electron chi connectivity index (χ0n) is 16.4. The van der Waals surface area contributed by atoms with Crippen molar-refractivity contribution >= 4 is 11.8 Å². The third-order valence-electron chi connectivity index (χ3n) is 5.26. The number of hydrogen-bond acceptors (Lipinski definition) is 4. The highest BCUT2D eigenvalue weighted by molar-refractivity contribution is 5.91. The Morgan fingerprint density at radius 3 is 2.54 bits per heavy atom. The Hall–Kier alpha value is -2.70. The van der Waals surface area contributed by atoms with Crippen molar-refractivity contribution in [1.82, 2.24) is 15.4 Å². The summed E-state index contributed by atoms with van der Waals surface area (Å²) in [6, 6.07) is 6.94. The van der Waals surface area contributed by atoms with Crippen molar-refractivity contribution in [2.45, 2.75) is 51.6 Å². The van der Waals surface area contributed by atoms with Gasteiger partial charge in [-0.3, -0.25) is 9.59 Å². The summed E-state index contributed by atoms with van der Waals surface area (Å²) in [6.45, 7) is 6.29. The standard InChI is InChI=1S/C21H26FN3O3/c1-13(2)19(18-10-11-23-28-18)21(27)25-12-4-5-17(25)20(26)24-14(3)15-6-8-16(22)9-7-15/h6-11,13-14,17,19H,4-5,12H2,1-3H3,(H,24,26)/t14?,17-,19?/m0/s1. The molecule has 2 unspecified atom stereocenters. The second-order valence-electron chi connectivity index (χ2n) is 7.61. The first-order chi connectivity index (χ1) is 13.4. The van der Waals surface area contributed by atoms with E-state index >= 15 is 0 Å². The molecule has 150 valence electrons. The third kappa shape index (κ3) is 4.24. The molecule has 1 aromatic heterocycles. The zero-order chi connectivity index (χ0) is 20.3. The van der Waals surface area contributed by atoms with Gasteiger partial charge in [0.05, 0.1) is 12.2 Å². The minimum absolute atomic E-state index is 0.0166. The Morgan fingerprint density at radius 2 is 1.93 bits per heavy atom. The van der Waals surface area contributed by atoms with Gasteiger partial charge in [-0.2, -0.15) is 0 Å². The summed E-state index contributed by atoms with van der Waals surface area (Å²) < 4.78 is 18.3. The molecule has 1 aliphatic rings. The number of likely N-dealkylation sites (tertiary alicyclic amines) is 1. The number of nitrogens with zero attached hydrogens (tertiary/aromatic N) is 2. The van der Waals surface area contributed by atoms with Gasteiger partial charge < -0.3 is 14.7 Å². The van der Waals surface area contributed by atoms with E-state index in [9.17, 15) is 14.0 Å². The summed E-state index contributed by atoms with van der Waals surface area (Å²) in [5.41, 5.74) is 0.812. The predicted molar refractivity (Wildman–Crippen MR) is 102 cm³/mol. The van der Waals surface area contributed by atoms with Crippen molar-refractivity contribution in [3.05, 3.63) is 53.7 Å². The van der Waals surface area contributed by atoms with E-state index in [0.717, 1.165) is 12.0 Å². The molecule has 6 nitrogen and oxygen atoms in total. The van der Waals surface area contributed by atoms with Crippen molar-refractivity contribution < 1.29 is 18.5 Å². The predicted octanol–water partition coefficient (Wildman–Crippen LogP) is 3.42. The highest BCUT2D eigenvalue weighted by Crippen LogP contribution is 2.30. The number of rotatable bonds is 6. The Morgan fingerprint density at radius 1 is 1.21 bits per heavy atom. The molecule has 28 heavy (non-hydrogen) atoms. The van der Waals surface area contributed by atoms with Gasteiger partial charge >= 0.3 is 0 Å². The van der Waals surface area contributed by atoms with E-state index < -0.39 is 12.0 Å². The van der Waals surface area contributed by atoms with Crippen molar-refractivity contribution in [2.24, 2.45) is 5.92 Å². The lowest BCUT2D eigenvalue weighted by molar-refractivity contribution is -0.141. The summed E-state index contributed by atoms with van der Waals surface area (Å²) in [5.74, 6) is -0.553. The lowest BCUT2D eigenvalue weighted by atomic mass is 9.91. The van der Waals surface area contributed by atoms with Gasteiger partial charge in [-0.25, -0.2) is 4.39 Å². The van der Waals surface area contributed by atoms with E-state index in [1.165, 1.54) is 18.3 Å². The zero-order valence-corrected chi connectivity index (χ0v) is 16.4. The van der Waals surface area contributed by atoms with Crippen LogP contribution in [-0.2, 0) is 9.59 Å². The van der Waals surface area contributed by atoms with Gasteiger partial charge in [-0.1, -0.05) is 31.1 Å². The van der Waals surface area contributed by atoms with Gasteiger partial charge in [-0.05, 0) is 43.4 Å². The maximum Gasteiger partial charge on any atom is 0.243 e. The highest BCUT2D eigenvalue weighted by atomic mass is 19.1. The smallest absolute Gasteiger partial charge is 0.243 e. The molecule has 2 heterocycles. The maximum absolute atomic E-state index is 13.2. The molecule has 3 rings (SSSR count). The van der Waals surface area contributed by atoms with E-state index in [-0.39, 0.29) is 29.6 Å². The van der Waals surface area contributed by atoms with Crippen LogP contribution in [0.3, 0.4) is 0 Å². The number of nitrogens with one attached hydrogen (secondary N) is 1. The average Bonchev–Trinajstić information content (AvgIpc) is 3.34. The molecule has 0 saturated carbocycles. The number of benzene rings is 1. The molecule has 1 aromatic carbocycles. The summed E-state index contributed by atoms with van der Waals surface area (Å²) in [5, 5.41) is 6.67. The van der Waals surface area contributed by atoms with Crippen LogP contribution in [0.4, 0.5) is 4.39 Å². The largest absolute Gasteiger partial charge is 0.361 e. The normalized spacial score (nSPS) is 18.9. The molecule has 2 amide bonds. The van der Waals surface area contributed by atoms with E-state index in [0.29, 0.717) is 18.7 Å². The molecule has 7 heteroatoms. The number of carbonyl (C=O) groups excluding carboxylic acids is 2. The Kier molecular flexibility index (Phi) is 6.11. The molecule has 2 aromatic rings. The Bertz CT molecular complexity index is 805. The van der Waals surface area contributed by atoms with Gasteiger partial charge in [0.2, 0.25) is 11.8 Å². The van der Waals surface area contributed by atoms with Crippen LogP contribution in [0.25, 0.3) is 0 Å². The molecule has 1 fully saturated rings. The van der Waals surface area contributed by atoms with Crippen LogP contribution < -0.4 is 5.32 Å². The van der Waals surface area contributed by atoms with Crippen LogP contribution in [0.5, 0.6) is 0 Å². The lowest BCUT2D eigenvalue weighted by Crippen LogP contribution is -2.48. The van der Waals surface area contributed by atoms with Crippen molar-refractivity contribution in [3.63, 3.8) is 0 Å². The van der Waals surface area contributed by atoms with E-state index in [1.807, 2.05) is 20.8 Å². The second-order valence-corrected chi connectivity index (χ2v) is 7.61. The molecule has 1 N–H and O–H groups in total. The second kappa shape index (κ2) is 8.54. The SMILES string of the molecule is CC(NC(=O)[C@@H]1CCCN1C(=O)C(c1ccno1)C(C)C)c1ccc(F)cc1. The van der Waals surface area contributed by atoms with Crippen molar-refractivity contribution in [2.75, 3.05) is 6.54 Å². The molecule has 0 aliphatic carbocycles. The van der Waals surface area contributed by atoms with Gasteiger partial charge in [-0.15, -0.1) is 0 Å². The average molecular weight is 387 g/mol. The molecular weight excluding hydrogens is 361 g/mol. The first kappa shape index (κ1) is 20.0. The maximum atomic E-state index is 13.2. The van der Waals surface area contributed by atoms with Crippen LogP contribution in [0, 0.1) is 11.7 Å². The monoisotopic (exact) mass is 387 g/mol. The molecule has 3 atom stereocenters. The first-order valence-corrected chi connectivity index (χ1v) is 9.65. The van der Waals surface area contributed by atoms with Crippen LogP contribution >= 0.6 is 0 Å². The van der Waals surface area contributed by atoms with Gasteiger partial charge in [0.25, 0.3) is 0 Å². The fourth-order valence-electron chi connectivity index (χ4n) is 3.75. The minimum Gasteiger partial charge on any atom is -0.361 e.